The third kappa shape index (κ3) is 2.04. The maximum Gasteiger partial charge on any atom is 0.253 e. The standard InChI is InChI=1S/C12H18N2O5/c1-6-4-14(7(2)13-11(6)18)12(3)10(17)9(16)8(5-15)19-12/h4,8-10,15-17H,2,5H2,1,3H3,(H,13,18)/t8-,9?,10+,12-/m1/s1. The second-order valence-electron chi connectivity index (χ2n) is 4.91. The molecule has 0 aromatic carbocycles. The van der Waals surface area contributed by atoms with E-state index in [1.807, 2.05) is 0 Å². The smallest absolute Gasteiger partial charge is 0.253 e. The van der Waals surface area contributed by atoms with Crippen LogP contribution in [0.3, 0.4) is 0 Å². The zero-order valence-corrected chi connectivity index (χ0v) is 10.8. The van der Waals surface area contributed by atoms with E-state index in [2.05, 4.69) is 11.9 Å². The van der Waals surface area contributed by atoms with E-state index >= 15 is 0 Å². The fraction of sp³-hybridized carbons (Fsp3) is 0.583. The van der Waals surface area contributed by atoms with Crippen LogP contribution in [-0.4, -0.2) is 56.8 Å². The molecule has 0 aliphatic carbocycles. The van der Waals surface area contributed by atoms with Crippen LogP contribution in [0.25, 0.3) is 0 Å². The molecule has 2 rings (SSSR count). The quantitative estimate of drug-likeness (QED) is 0.493. The minimum absolute atomic E-state index is 0.239. The highest BCUT2D eigenvalue weighted by atomic mass is 16.6. The van der Waals surface area contributed by atoms with E-state index in [4.69, 9.17) is 9.84 Å². The molecule has 0 spiro atoms. The molecule has 7 nitrogen and oxygen atoms in total. The van der Waals surface area contributed by atoms with E-state index < -0.39 is 30.6 Å². The van der Waals surface area contributed by atoms with Gasteiger partial charge in [0, 0.05) is 11.8 Å². The number of hydrogen-bond acceptors (Lipinski definition) is 6. The molecular weight excluding hydrogens is 252 g/mol. The van der Waals surface area contributed by atoms with Crippen molar-refractivity contribution in [1.29, 1.82) is 0 Å². The van der Waals surface area contributed by atoms with Crippen molar-refractivity contribution in [2.24, 2.45) is 0 Å². The number of carbonyl (C=O) groups is 1. The van der Waals surface area contributed by atoms with Gasteiger partial charge in [0.2, 0.25) is 0 Å². The Kier molecular flexibility index (Phi) is 3.40. The Bertz CT molecular complexity index is 449. The van der Waals surface area contributed by atoms with Crippen molar-refractivity contribution in [2.75, 3.05) is 6.61 Å². The van der Waals surface area contributed by atoms with Crippen LogP contribution < -0.4 is 5.32 Å². The molecule has 0 saturated carbocycles. The van der Waals surface area contributed by atoms with Crippen molar-refractivity contribution in [3.05, 3.63) is 24.2 Å². The summed E-state index contributed by atoms with van der Waals surface area (Å²) in [6.45, 7) is 6.45. The third-order valence-electron chi connectivity index (χ3n) is 3.53. The third-order valence-corrected chi connectivity index (χ3v) is 3.53. The lowest BCUT2D eigenvalue weighted by Gasteiger charge is -2.42. The van der Waals surface area contributed by atoms with Crippen molar-refractivity contribution in [2.45, 2.75) is 37.9 Å². The molecule has 0 bridgehead atoms. The SMILES string of the molecule is C=C1NC(=O)C(C)=CN1[C@]1(C)O[C@H](CO)C(O)[C@@H]1O. The summed E-state index contributed by atoms with van der Waals surface area (Å²) in [4.78, 5) is 12.9. The summed E-state index contributed by atoms with van der Waals surface area (Å²) < 4.78 is 5.54. The summed E-state index contributed by atoms with van der Waals surface area (Å²) in [5, 5.41) is 31.6. The minimum Gasteiger partial charge on any atom is -0.394 e. The van der Waals surface area contributed by atoms with E-state index in [1.54, 1.807) is 13.8 Å². The van der Waals surface area contributed by atoms with Crippen LogP contribution in [0.15, 0.2) is 24.2 Å². The van der Waals surface area contributed by atoms with E-state index in [9.17, 15) is 15.0 Å². The van der Waals surface area contributed by atoms with Gasteiger partial charge in [0.25, 0.3) is 5.91 Å². The first-order valence-corrected chi connectivity index (χ1v) is 5.94. The minimum atomic E-state index is -1.31. The van der Waals surface area contributed by atoms with Crippen LogP contribution in [-0.2, 0) is 9.53 Å². The number of aliphatic hydroxyl groups is 3. The lowest BCUT2D eigenvalue weighted by molar-refractivity contribution is -0.152. The summed E-state index contributed by atoms with van der Waals surface area (Å²) in [6, 6.07) is 0. The molecule has 106 valence electrons. The lowest BCUT2D eigenvalue weighted by Crippen LogP contribution is -2.56. The number of aliphatic hydroxyl groups excluding tert-OH is 3. The number of carbonyl (C=O) groups excluding carboxylic acids is 1. The fourth-order valence-corrected chi connectivity index (χ4v) is 2.33. The molecular formula is C12H18N2O5. The summed E-state index contributed by atoms with van der Waals surface area (Å²) in [5.74, 6) is -0.0421. The van der Waals surface area contributed by atoms with Gasteiger partial charge in [-0.3, -0.25) is 4.79 Å². The molecule has 2 aliphatic rings. The number of amides is 1. The summed E-state index contributed by atoms with van der Waals surface area (Å²) in [5.41, 5.74) is -0.884. The molecule has 19 heavy (non-hydrogen) atoms. The Morgan fingerprint density at radius 3 is 2.74 bits per heavy atom. The van der Waals surface area contributed by atoms with Crippen LogP contribution in [0.4, 0.5) is 0 Å². The number of ether oxygens (including phenoxy) is 1. The molecule has 1 amide bonds. The highest BCUT2D eigenvalue weighted by Gasteiger charge is 2.55. The number of nitrogens with zero attached hydrogens (tertiary/aromatic N) is 1. The van der Waals surface area contributed by atoms with Crippen molar-refractivity contribution in [3.8, 4) is 0 Å². The average Bonchev–Trinajstić information content (AvgIpc) is 2.59. The number of rotatable bonds is 2. The molecule has 4 atom stereocenters. The van der Waals surface area contributed by atoms with Gasteiger partial charge in [-0.05, 0) is 13.8 Å². The molecule has 0 aromatic heterocycles. The first-order chi connectivity index (χ1) is 8.81. The van der Waals surface area contributed by atoms with Gasteiger partial charge in [-0.15, -0.1) is 0 Å². The lowest BCUT2D eigenvalue weighted by atomic mass is 10.0. The van der Waals surface area contributed by atoms with Crippen LogP contribution >= 0.6 is 0 Å². The molecule has 1 saturated heterocycles. The summed E-state index contributed by atoms with van der Waals surface area (Å²) >= 11 is 0. The van der Waals surface area contributed by atoms with Crippen molar-refractivity contribution >= 4 is 5.91 Å². The van der Waals surface area contributed by atoms with Crippen LogP contribution in [0.1, 0.15) is 13.8 Å². The molecule has 0 radical (unpaired) electrons. The van der Waals surface area contributed by atoms with Crippen molar-refractivity contribution < 1.29 is 24.9 Å². The van der Waals surface area contributed by atoms with Gasteiger partial charge in [-0.1, -0.05) is 6.58 Å². The Morgan fingerprint density at radius 2 is 2.21 bits per heavy atom. The second-order valence-corrected chi connectivity index (χ2v) is 4.91. The van der Waals surface area contributed by atoms with Gasteiger partial charge >= 0.3 is 0 Å². The Hall–Kier alpha value is -1.41. The van der Waals surface area contributed by atoms with Gasteiger partial charge in [0.05, 0.1) is 6.61 Å². The van der Waals surface area contributed by atoms with Gasteiger partial charge in [-0.25, -0.2) is 0 Å². The Balaban J connectivity index is 2.35. The number of nitrogens with one attached hydrogen (secondary N) is 1. The zero-order chi connectivity index (χ0) is 14.4. The molecule has 1 fully saturated rings. The largest absolute Gasteiger partial charge is 0.394 e. The highest BCUT2D eigenvalue weighted by Crippen LogP contribution is 2.37. The second kappa shape index (κ2) is 4.61. The normalized spacial score (nSPS) is 39.3. The predicted octanol–water partition coefficient (Wildman–Crippen LogP) is -1.38. The maximum atomic E-state index is 11.5. The van der Waals surface area contributed by atoms with Crippen LogP contribution in [0.2, 0.25) is 0 Å². The fourth-order valence-electron chi connectivity index (χ4n) is 2.33. The molecule has 0 aromatic rings. The summed E-state index contributed by atoms with van der Waals surface area (Å²) in [6.07, 6.45) is -1.86. The van der Waals surface area contributed by atoms with Crippen LogP contribution in [0.5, 0.6) is 0 Å². The van der Waals surface area contributed by atoms with Gasteiger partial charge in [0.1, 0.15) is 24.1 Å². The van der Waals surface area contributed by atoms with Gasteiger partial charge in [-0.2, -0.15) is 0 Å². The summed E-state index contributed by atoms with van der Waals surface area (Å²) in [7, 11) is 0. The zero-order valence-electron chi connectivity index (χ0n) is 10.8. The van der Waals surface area contributed by atoms with Crippen molar-refractivity contribution in [3.63, 3.8) is 0 Å². The van der Waals surface area contributed by atoms with Crippen molar-refractivity contribution in [1.82, 2.24) is 10.2 Å². The molecule has 2 aliphatic heterocycles. The first-order valence-electron chi connectivity index (χ1n) is 5.94. The Labute approximate surface area is 110 Å². The van der Waals surface area contributed by atoms with E-state index in [1.165, 1.54) is 11.1 Å². The van der Waals surface area contributed by atoms with Crippen LogP contribution in [0, 0.1) is 0 Å². The van der Waals surface area contributed by atoms with E-state index in [-0.39, 0.29) is 11.7 Å². The predicted molar refractivity (Wildman–Crippen MR) is 65.3 cm³/mol. The monoisotopic (exact) mass is 270 g/mol. The Morgan fingerprint density at radius 1 is 1.58 bits per heavy atom. The topological polar surface area (TPSA) is 102 Å². The molecule has 7 heteroatoms. The van der Waals surface area contributed by atoms with E-state index in [0.717, 1.165) is 0 Å². The maximum absolute atomic E-state index is 11.5. The van der Waals surface area contributed by atoms with Gasteiger partial charge in [0.15, 0.2) is 5.72 Å². The molecule has 4 N–H and O–H groups in total. The first kappa shape index (κ1) is 14.0. The highest BCUT2D eigenvalue weighted by molar-refractivity contribution is 5.94. The number of hydrogen-bond donors (Lipinski definition) is 4. The molecule has 1 unspecified atom stereocenters. The van der Waals surface area contributed by atoms with Gasteiger partial charge < -0.3 is 30.3 Å². The average molecular weight is 270 g/mol. The molecule has 2 heterocycles. The van der Waals surface area contributed by atoms with E-state index in [0.29, 0.717) is 5.57 Å².